The van der Waals surface area contributed by atoms with Crippen molar-refractivity contribution in [2.24, 2.45) is 5.92 Å². The monoisotopic (exact) mass is 447 g/mol. The van der Waals surface area contributed by atoms with Gasteiger partial charge < -0.3 is 24.7 Å². The fourth-order valence-electron chi connectivity index (χ4n) is 4.38. The lowest BCUT2D eigenvalue weighted by atomic mass is 9.89. The Hall–Kier alpha value is -3.65. The summed E-state index contributed by atoms with van der Waals surface area (Å²) in [6.07, 6.45) is 1.17. The minimum Gasteiger partial charge on any atom is -0.449 e. The van der Waals surface area contributed by atoms with Crippen LogP contribution in [0, 0.1) is 5.92 Å². The molecular formula is C25H25N3O5. The lowest BCUT2D eigenvalue weighted by Crippen LogP contribution is -2.40. The molecule has 0 saturated carbocycles. The first-order chi connectivity index (χ1) is 16.1. The van der Waals surface area contributed by atoms with Crippen molar-refractivity contribution in [3.63, 3.8) is 0 Å². The van der Waals surface area contributed by atoms with E-state index >= 15 is 0 Å². The van der Waals surface area contributed by atoms with Crippen molar-refractivity contribution in [1.82, 2.24) is 4.90 Å². The number of hydrogen-bond acceptors (Lipinski definition) is 5. The lowest BCUT2D eigenvalue weighted by Gasteiger charge is -2.26. The highest BCUT2D eigenvalue weighted by Crippen LogP contribution is 2.33. The van der Waals surface area contributed by atoms with Crippen LogP contribution in [0.3, 0.4) is 0 Å². The molecule has 0 bridgehead atoms. The number of rotatable bonds is 5. The molecule has 1 aromatic heterocycles. The van der Waals surface area contributed by atoms with Gasteiger partial charge >= 0.3 is 0 Å². The Morgan fingerprint density at radius 2 is 1.82 bits per heavy atom. The Kier molecular flexibility index (Phi) is 5.83. The third-order valence-electron chi connectivity index (χ3n) is 6.18. The molecule has 33 heavy (non-hydrogen) atoms. The van der Waals surface area contributed by atoms with Crippen LogP contribution in [0.1, 0.15) is 29.0 Å². The van der Waals surface area contributed by atoms with Gasteiger partial charge in [0.25, 0.3) is 5.91 Å². The number of nitrogens with zero attached hydrogens (tertiary/aromatic N) is 1. The molecule has 3 amide bonds. The zero-order valence-electron chi connectivity index (χ0n) is 18.1. The van der Waals surface area contributed by atoms with Crippen LogP contribution in [0.15, 0.2) is 52.9 Å². The molecule has 1 atom stereocenters. The number of carbonyl (C=O) groups excluding carboxylic acids is 3. The number of para-hydroxylation sites is 2. The summed E-state index contributed by atoms with van der Waals surface area (Å²) in [4.78, 5) is 40.1. The molecule has 0 aliphatic carbocycles. The van der Waals surface area contributed by atoms with E-state index in [1.165, 1.54) is 0 Å². The minimum absolute atomic E-state index is 0.0709. The molecular weight excluding hydrogens is 422 g/mol. The third kappa shape index (κ3) is 4.34. The molecule has 1 saturated heterocycles. The van der Waals surface area contributed by atoms with Crippen molar-refractivity contribution in [1.29, 1.82) is 0 Å². The summed E-state index contributed by atoms with van der Waals surface area (Å²) < 4.78 is 11.2. The fourth-order valence-corrected chi connectivity index (χ4v) is 4.38. The van der Waals surface area contributed by atoms with E-state index in [0.717, 1.165) is 11.3 Å². The van der Waals surface area contributed by atoms with E-state index in [2.05, 4.69) is 10.6 Å². The van der Waals surface area contributed by atoms with Crippen LogP contribution in [0.4, 0.5) is 11.4 Å². The largest absolute Gasteiger partial charge is 0.449 e. The molecule has 2 aliphatic heterocycles. The smallest absolute Gasteiger partial charge is 0.291 e. The molecule has 0 radical (unpaired) electrons. The van der Waals surface area contributed by atoms with Crippen molar-refractivity contribution in [3.05, 3.63) is 59.9 Å². The predicted octanol–water partition coefficient (Wildman–Crippen LogP) is 3.43. The number of ether oxygens (including phenoxy) is 1. The topological polar surface area (TPSA) is 101 Å². The van der Waals surface area contributed by atoms with Crippen LogP contribution < -0.4 is 10.6 Å². The summed E-state index contributed by atoms with van der Waals surface area (Å²) in [6, 6.07) is 14.9. The number of anilines is 2. The summed E-state index contributed by atoms with van der Waals surface area (Å²) in [5, 5.41) is 6.47. The van der Waals surface area contributed by atoms with E-state index in [4.69, 9.17) is 9.15 Å². The molecule has 1 fully saturated rings. The molecule has 5 rings (SSSR count). The van der Waals surface area contributed by atoms with E-state index in [9.17, 15) is 14.4 Å². The van der Waals surface area contributed by atoms with E-state index in [-0.39, 0.29) is 35.8 Å². The summed E-state index contributed by atoms with van der Waals surface area (Å²) in [5.41, 5.74) is 2.82. The van der Waals surface area contributed by atoms with Gasteiger partial charge in [0.05, 0.1) is 13.2 Å². The van der Waals surface area contributed by atoms with Gasteiger partial charge in [-0.15, -0.1) is 0 Å². The zero-order chi connectivity index (χ0) is 22.8. The van der Waals surface area contributed by atoms with Crippen molar-refractivity contribution >= 4 is 40.1 Å². The minimum atomic E-state index is -0.277. The van der Waals surface area contributed by atoms with Gasteiger partial charge in [-0.1, -0.05) is 30.3 Å². The number of amides is 3. The number of hydrogen-bond donors (Lipinski definition) is 2. The number of benzene rings is 2. The molecule has 8 nitrogen and oxygen atoms in total. The maximum absolute atomic E-state index is 13.1. The van der Waals surface area contributed by atoms with Crippen LogP contribution >= 0.6 is 0 Å². The summed E-state index contributed by atoms with van der Waals surface area (Å²) >= 11 is 0. The molecule has 1 unspecified atom stereocenters. The van der Waals surface area contributed by atoms with Crippen molar-refractivity contribution in [2.75, 3.05) is 36.9 Å². The maximum atomic E-state index is 13.1. The average Bonchev–Trinajstić information content (AvgIpc) is 3.21. The molecule has 2 aromatic carbocycles. The van der Waals surface area contributed by atoms with Crippen LogP contribution in [0.5, 0.6) is 0 Å². The lowest BCUT2D eigenvalue weighted by molar-refractivity contribution is -0.121. The van der Waals surface area contributed by atoms with Gasteiger partial charge in [-0.3, -0.25) is 14.4 Å². The summed E-state index contributed by atoms with van der Waals surface area (Å²) in [5.74, 6) is -0.757. The van der Waals surface area contributed by atoms with Gasteiger partial charge in [0.1, 0.15) is 11.3 Å². The van der Waals surface area contributed by atoms with Gasteiger partial charge in [-0.25, -0.2) is 0 Å². The van der Waals surface area contributed by atoms with Crippen LogP contribution in [0.2, 0.25) is 0 Å². The Morgan fingerprint density at radius 1 is 1.06 bits per heavy atom. The number of fused-ring (bicyclic) bond motifs is 2. The highest BCUT2D eigenvalue weighted by molar-refractivity contribution is 6.11. The standard InChI is InChI=1S/C25H25N3O5/c29-21(10-9-17-15-16-5-1-3-7-19(16)26-24(17)30)27-22-18-6-2-4-8-20(18)33-23(22)25(31)28-11-13-32-14-12-28/h1-8,17H,9-15H2,(H,26,30)(H,27,29). The predicted molar refractivity (Wildman–Crippen MR) is 123 cm³/mol. The van der Waals surface area contributed by atoms with Gasteiger partial charge in [0.15, 0.2) is 0 Å². The van der Waals surface area contributed by atoms with Crippen LogP contribution in [-0.4, -0.2) is 48.9 Å². The zero-order valence-corrected chi connectivity index (χ0v) is 18.1. The number of nitrogens with one attached hydrogen (secondary N) is 2. The molecule has 3 aromatic rings. The Morgan fingerprint density at radius 3 is 2.67 bits per heavy atom. The number of carbonyl (C=O) groups is 3. The molecule has 3 heterocycles. The van der Waals surface area contributed by atoms with Gasteiger partial charge in [-0.05, 0) is 36.6 Å². The number of morpholine rings is 1. The highest BCUT2D eigenvalue weighted by Gasteiger charge is 2.29. The van der Waals surface area contributed by atoms with E-state index in [1.54, 1.807) is 11.0 Å². The number of furan rings is 1. The van der Waals surface area contributed by atoms with Crippen LogP contribution in [-0.2, 0) is 20.7 Å². The Bertz CT molecular complexity index is 1210. The molecule has 2 aliphatic rings. The third-order valence-corrected chi connectivity index (χ3v) is 6.18. The van der Waals surface area contributed by atoms with Crippen molar-refractivity contribution in [2.45, 2.75) is 19.3 Å². The van der Waals surface area contributed by atoms with Gasteiger partial charge in [0, 0.05) is 36.5 Å². The van der Waals surface area contributed by atoms with E-state index in [0.29, 0.717) is 55.8 Å². The molecule has 170 valence electrons. The highest BCUT2D eigenvalue weighted by atomic mass is 16.5. The Balaban J connectivity index is 1.31. The van der Waals surface area contributed by atoms with Gasteiger partial charge in [0.2, 0.25) is 17.6 Å². The second-order valence-corrected chi connectivity index (χ2v) is 8.34. The fraction of sp³-hybridized carbons (Fsp3) is 0.320. The van der Waals surface area contributed by atoms with Gasteiger partial charge in [-0.2, -0.15) is 0 Å². The second-order valence-electron chi connectivity index (χ2n) is 8.34. The van der Waals surface area contributed by atoms with E-state index < -0.39 is 0 Å². The summed E-state index contributed by atoms with van der Waals surface area (Å²) in [6.45, 7) is 1.89. The second kappa shape index (κ2) is 9.07. The molecule has 2 N–H and O–H groups in total. The first-order valence-corrected chi connectivity index (χ1v) is 11.2. The van der Waals surface area contributed by atoms with Crippen molar-refractivity contribution < 1.29 is 23.5 Å². The quantitative estimate of drug-likeness (QED) is 0.624. The molecule has 8 heteroatoms. The first-order valence-electron chi connectivity index (χ1n) is 11.2. The van der Waals surface area contributed by atoms with E-state index in [1.807, 2.05) is 42.5 Å². The summed E-state index contributed by atoms with van der Waals surface area (Å²) in [7, 11) is 0. The SMILES string of the molecule is O=C(CCC1Cc2ccccc2NC1=O)Nc1c(C(=O)N2CCOCC2)oc2ccccc12. The van der Waals surface area contributed by atoms with Crippen LogP contribution in [0.25, 0.3) is 11.0 Å². The Labute approximate surface area is 190 Å². The first kappa shape index (κ1) is 21.2. The van der Waals surface area contributed by atoms with Crippen molar-refractivity contribution in [3.8, 4) is 0 Å². The molecule has 0 spiro atoms. The maximum Gasteiger partial charge on any atom is 0.291 e. The normalized spacial score (nSPS) is 18.0. The average molecular weight is 447 g/mol.